The Morgan fingerprint density at radius 3 is 2.84 bits per heavy atom. The van der Waals surface area contributed by atoms with Crippen molar-refractivity contribution in [3.8, 4) is 5.69 Å². The van der Waals surface area contributed by atoms with Crippen LogP contribution in [-0.2, 0) is 4.79 Å². The van der Waals surface area contributed by atoms with E-state index in [1.54, 1.807) is 6.07 Å². The Bertz CT molecular complexity index is 621. The van der Waals surface area contributed by atoms with Gasteiger partial charge in [0.25, 0.3) is 0 Å². The molecule has 2 aromatic rings. The van der Waals surface area contributed by atoms with Gasteiger partial charge in [-0.3, -0.25) is 4.79 Å². The number of carbonyl (C=O) groups is 1. The normalized spacial score (nSPS) is 16.1. The third-order valence-corrected chi connectivity index (χ3v) is 3.11. The Balaban J connectivity index is 1.82. The molecule has 0 atom stereocenters. The van der Waals surface area contributed by atoms with Crippen LogP contribution in [0.4, 0.5) is 10.1 Å². The predicted molar refractivity (Wildman–Crippen MR) is 66.1 cm³/mol. The van der Waals surface area contributed by atoms with Crippen LogP contribution in [0.25, 0.3) is 5.69 Å². The number of nitrogens with two attached hydrogens (primary N) is 1. The first-order chi connectivity index (χ1) is 9.08. The molecule has 1 aromatic carbocycles. The number of hydrogen-bond donors (Lipinski definition) is 2. The monoisotopic (exact) mass is 261 g/mol. The number of halogens is 1. The van der Waals surface area contributed by atoms with E-state index in [0.717, 1.165) is 0 Å². The van der Waals surface area contributed by atoms with Gasteiger partial charge in [-0.05, 0) is 31.0 Å². The number of rotatable bonds is 3. The first-order valence-corrected chi connectivity index (χ1v) is 5.83. The van der Waals surface area contributed by atoms with E-state index in [-0.39, 0.29) is 11.6 Å². The van der Waals surface area contributed by atoms with Gasteiger partial charge in [0.2, 0.25) is 5.91 Å². The largest absolute Gasteiger partial charge is 0.324 e. The Kier molecular flexibility index (Phi) is 2.56. The van der Waals surface area contributed by atoms with E-state index in [9.17, 15) is 9.18 Å². The molecule has 1 aliphatic carbocycles. The highest BCUT2D eigenvalue weighted by Crippen LogP contribution is 2.33. The summed E-state index contributed by atoms with van der Waals surface area (Å²) in [4.78, 5) is 15.5. The molecule has 6 nitrogen and oxygen atoms in total. The van der Waals surface area contributed by atoms with Crippen molar-refractivity contribution in [1.29, 1.82) is 0 Å². The van der Waals surface area contributed by atoms with Crippen molar-refractivity contribution in [2.45, 2.75) is 18.4 Å². The fraction of sp³-hybridized carbons (Fsp3) is 0.250. The lowest BCUT2D eigenvalue weighted by Gasteiger charge is -2.11. The summed E-state index contributed by atoms with van der Waals surface area (Å²) in [5.41, 5.74) is 5.62. The van der Waals surface area contributed by atoms with Crippen LogP contribution in [0.15, 0.2) is 30.9 Å². The maximum Gasteiger partial charge on any atom is 0.244 e. The molecule has 0 spiro atoms. The number of benzene rings is 1. The minimum Gasteiger partial charge on any atom is -0.324 e. The molecule has 7 heteroatoms. The van der Waals surface area contributed by atoms with Crippen LogP contribution in [0.2, 0.25) is 0 Å². The summed E-state index contributed by atoms with van der Waals surface area (Å²) in [6.07, 6.45) is 4.05. The molecule has 0 bridgehead atoms. The van der Waals surface area contributed by atoms with Gasteiger partial charge in [-0.15, -0.1) is 0 Å². The van der Waals surface area contributed by atoms with Crippen molar-refractivity contribution in [3.05, 3.63) is 36.7 Å². The zero-order valence-corrected chi connectivity index (χ0v) is 10.0. The number of anilines is 1. The van der Waals surface area contributed by atoms with Crippen LogP contribution in [0.1, 0.15) is 12.8 Å². The smallest absolute Gasteiger partial charge is 0.244 e. The van der Waals surface area contributed by atoms with Gasteiger partial charge < -0.3 is 11.1 Å². The van der Waals surface area contributed by atoms with Crippen LogP contribution < -0.4 is 11.1 Å². The number of nitrogens with zero attached hydrogens (tertiary/aromatic N) is 3. The van der Waals surface area contributed by atoms with Crippen LogP contribution in [0.5, 0.6) is 0 Å². The van der Waals surface area contributed by atoms with E-state index < -0.39 is 11.4 Å². The lowest BCUT2D eigenvalue weighted by molar-refractivity contribution is -0.118. The van der Waals surface area contributed by atoms with E-state index in [4.69, 9.17) is 5.73 Å². The minimum atomic E-state index is -0.777. The second-order valence-electron chi connectivity index (χ2n) is 4.62. The maximum atomic E-state index is 13.9. The third-order valence-electron chi connectivity index (χ3n) is 3.11. The molecular formula is C12H12FN5O. The van der Waals surface area contributed by atoms with E-state index in [1.165, 1.54) is 29.5 Å². The summed E-state index contributed by atoms with van der Waals surface area (Å²) in [5.74, 6) is -0.773. The number of hydrogen-bond acceptors (Lipinski definition) is 4. The first-order valence-electron chi connectivity index (χ1n) is 5.83. The lowest BCUT2D eigenvalue weighted by atomic mass is 10.2. The van der Waals surface area contributed by atoms with Crippen LogP contribution in [0, 0.1) is 5.82 Å². The van der Waals surface area contributed by atoms with Gasteiger partial charge in [-0.1, -0.05) is 0 Å². The summed E-state index contributed by atoms with van der Waals surface area (Å²) in [7, 11) is 0. The Morgan fingerprint density at radius 2 is 2.26 bits per heavy atom. The van der Waals surface area contributed by atoms with Gasteiger partial charge in [0, 0.05) is 5.69 Å². The minimum absolute atomic E-state index is 0.268. The Morgan fingerprint density at radius 1 is 1.47 bits per heavy atom. The van der Waals surface area contributed by atoms with E-state index >= 15 is 0 Å². The molecule has 0 saturated heterocycles. The molecule has 98 valence electrons. The topological polar surface area (TPSA) is 85.8 Å². The highest BCUT2D eigenvalue weighted by Gasteiger charge is 2.45. The second-order valence-corrected chi connectivity index (χ2v) is 4.62. The molecule has 0 aliphatic heterocycles. The number of nitrogens with one attached hydrogen (secondary N) is 1. The highest BCUT2D eigenvalue weighted by atomic mass is 19.1. The van der Waals surface area contributed by atoms with Crippen molar-refractivity contribution < 1.29 is 9.18 Å². The zero-order chi connectivity index (χ0) is 13.5. The molecule has 1 amide bonds. The molecule has 1 aromatic heterocycles. The molecule has 1 saturated carbocycles. The van der Waals surface area contributed by atoms with Gasteiger partial charge in [0.1, 0.15) is 18.3 Å². The van der Waals surface area contributed by atoms with Gasteiger partial charge in [-0.2, -0.15) is 5.10 Å². The van der Waals surface area contributed by atoms with Crippen molar-refractivity contribution >= 4 is 11.6 Å². The highest BCUT2D eigenvalue weighted by molar-refractivity contribution is 6.00. The standard InChI is InChI=1S/C12H12FN5O/c13-9-5-8(17-11(19)12(14)3-4-12)1-2-10(9)18-7-15-6-16-18/h1-2,5-7H,3-4,14H2,(H,17,19). The summed E-state index contributed by atoms with van der Waals surface area (Å²) < 4.78 is 15.2. The fourth-order valence-electron chi connectivity index (χ4n) is 1.72. The third kappa shape index (κ3) is 2.19. The molecular weight excluding hydrogens is 249 g/mol. The summed E-state index contributed by atoms with van der Waals surface area (Å²) in [6.45, 7) is 0. The average Bonchev–Trinajstić information content (AvgIpc) is 2.92. The molecule has 0 unspecified atom stereocenters. The molecule has 3 rings (SSSR count). The molecule has 3 N–H and O–H groups in total. The maximum absolute atomic E-state index is 13.9. The van der Waals surface area contributed by atoms with Gasteiger partial charge in [-0.25, -0.2) is 14.1 Å². The Labute approximate surface area is 108 Å². The van der Waals surface area contributed by atoms with Crippen LogP contribution >= 0.6 is 0 Å². The second kappa shape index (κ2) is 4.13. The van der Waals surface area contributed by atoms with E-state index in [2.05, 4.69) is 15.4 Å². The quantitative estimate of drug-likeness (QED) is 0.857. The number of carbonyl (C=O) groups excluding carboxylic acids is 1. The zero-order valence-electron chi connectivity index (χ0n) is 10.0. The first kappa shape index (κ1) is 11.8. The molecule has 0 radical (unpaired) electrons. The average molecular weight is 261 g/mol. The number of amides is 1. The molecule has 19 heavy (non-hydrogen) atoms. The fourth-order valence-corrected chi connectivity index (χ4v) is 1.72. The molecule has 1 aliphatic rings. The summed E-state index contributed by atoms with van der Waals surface area (Å²) in [6, 6.07) is 4.36. The molecule has 1 heterocycles. The Hall–Kier alpha value is -2.28. The lowest BCUT2D eigenvalue weighted by Crippen LogP contribution is -2.37. The summed E-state index contributed by atoms with van der Waals surface area (Å²) >= 11 is 0. The van der Waals surface area contributed by atoms with E-state index in [1.807, 2.05) is 0 Å². The van der Waals surface area contributed by atoms with E-state index in [0.29, 0.717) is 18.5 Å². The van der Waals surface area contributed by atoms with Gasteiger partial charge in [0.15, 0.2) is 5.82 Å². The SMILES string of the molecule is NC1(C(=O)Nc2ccc(-n3cncn3)c(F)c2)CC1. The van der Waals surface area contributed by atoms with Crippen molar-refractivity contribution in [2.75, 3.05) is 5.32 Å². The number of aromatic nitrogens is 3. The molecule has 1 fully saturated rings. The van der Waals surface area contributed by atoms with Gasteiger partial charge in [0.05, 0.1) is 5.54 Å². The van der Waals surface area contributed by atoms with Crippen molar-refractivity contribution in [2.24, 2.45) is 5.73 Å². The van der Waals surface area contributed by atoms with Gasteiger partial charge >= 0.3 is 0 Å². The van der Waals surface area contributed by atoms with Crippen molar-refractivity contribution in [3.63, 3.8) is 0 Å². The van der Waals surface area contributed by atoms with Crippen LogP contribution in [0.3, 0.4) is 0 Å². The van der Waals surface area contributed by atoms with Crippen LogP contribution in [-0.4, -0.2) is 26.2 Å². The summed E-state index contributed by atoms with van der Waals surface area (Å²) in [5, 5.41) is 6.45. The predicted octanol–water partition coefficient (Wildman–Crippen LogP) is 0.836. The van der Waals surface area contributed by atoms with Crippen molar-refractivity contribution in [1.82, 2.24) is 14.8 Å².